The average Bonchev–Trinajstić information content (AvgIpc) is 2.87. The third-order valence-electron chi connectivity index (χ3n) is 6.17. The summed E-state index contributed by atoms with van der Waals surface area (Å²) in [6, 6.07) is 21.5. The van der Waals surface area contributed by atoms with Crippen LogP contribution in [0.25, 0.3) is 10.8 Å². The Hall–Kier alpha value is -3.60. The number of amides is 2. The molecule has 0 saturated carbocycles. The smallest absolute Gasteiger partial charge is 0.254 e. The van der Waals surface area contributed by atoms with Gasteiger partial charge < -0.3 is 14.5 Å². The molecule has 5 nitrogen and oxygen atoms in total. The van der Waals surface area contributed by atoms with Crippen LogP contribution in [0.3, 0.4) is 0 Å². The van der Waals surface area contributed by atoms with E-state index in [-0.39, 0.29) is 17.7 Å². The lowest BCUT2D eigenvalue weighted by Crippen LogP contribution is -2.45. The van der Waals surface area contributed by atoms with E-state index in [1.165, 1.54) is 0 Å². The molecule has 1 fully saturated rings. The third kappa shape index (κ3) is 5.25. The van der Waals surface area contributed by atoms with Crippen molar-refractivity contribution in [3.05, 3.63) is 90.5 Å². The molecule has 2 amide bonds. The lowest BCUT2D eigenvalue weighted by atomic mass is 9.95. The highest BCUT2D eigenvalue weighted by atomic mass is 16.5. The van der Waals surface area contributed by atoms with Crippen molar-refractivity contribution in [2.45, 2.75) is 19.4 Å². The van der Waals surface area contributed by atoms with Crippen molar-refractivity contribution in [1.29, 1.82) is 0 Å². The quantitative estimate of drug-likeness (QED) is 0.488. The maximum absolute atomic E-state index is 13.3. The highest BCUT2D eigenvalue weighted by Crippen LogP contribution is 2.25. The maximum Gasteiger partial charge on any atom is 0.254 e. The summed E-state index contributed by atoms with van der Waals surface area (Å²) in [6.45, 7) is 5.78. The largest absolute Gasteiger partial charge is 0.490 e. The van der Waals surface area contributed by atoms with E-state index in [9.17, 15) is 9.59 Å². The Morgan fingerprint density at radius 1 is 1.09 bits per heavy atom. The molecule has 1 heterocycles. The van der Waals surface area contributed by atoms with E-state index in [1.54, 1.807) is 11.0 Å². The number of carbonyl (C=O) groups is 2. The van der Waals surface area contributed by atoms with Gasteiger partial charge in [-0.25, -0.2) is 0 Å². The normalized spacial score (nSPS) is 15.8. The van der Waals surface area contributed by atoms with Gasteiger partial charge in [0.2, 0.25) is 5.91 Å². The first kappa shape index (κ1) is 22.6. The first-order valence-corrected chi connectivity index (χ1v) is 11.4. The summed E-state index contributed by atoms with van der Waals surface area (Å²) in [6.07, 6.45) is 3.34. The fraction of sp³-hybridized carbons (Fsp3) is 0.286. The molecule has 170 valence electrons. The van der Waals surface area contributed by atoms with Crippen molar-refractivity contribution in [2.24, 2.45) is 5.92 Å². The molecule has 3 aromatic carbocycles. The summed E-state index contributed by atoms with van der Waals surface area (Å²) in [4.78, 5) is 30.1. The lowest BCUT2D eigenvalue weighted by Gasteiger charge is -2.34. The average molecular weight is 443 g/mol. The number of nitrogens with zero attached hydrogens (tertiary/aromatic N) is 2. The molecule has 0 aromatic heterocycles. The van der Waals surface area contributed by atoms with Crippen LogP contribution in [-0.4, -0.2) is 48.4 Å². The highest BCUT2D eigenvalue weighted by molar-refractivity contribution is 6.07. The molecule has 1 saturated heterocycles. The maximum atomic E-state index is 13.3. The molecule has 1 aliphatic rings. The zero-order chi connectivity index (χ0) is 23.2. The molecular weight excluding hydrogens is 412 g/mol. The number of piperidine rings is 1. The minimum atomic E-state index is -0.183. The predicted molar refractivity (Wildman–Crippen MR) is 131 cm³/mol. The van der Waals surface area contributed by atoms with Crippen LogP contribution in [-0.2, 0) is 11.3 Å². The van der Waals surface area contributed by atoms with Gasteiger partial charge in [-0.1, -0.05) is 61.2 Å². The SMILES string of the molecule is C=CCOc1ccc(CN(C)C(=O)C2CCCN(C(=O)c3cccc4ccccc34)C2)cc1. The fourth-order valence-electron chi connectivity index (χ4n) is 4.46. The number of ether oxygens (including phenoxy) is 1. The van der Waals surface area contributed by atoms with Gasteiger partial charge in [0.15, 0.2) is 0 Å². The van der Waals surface area contributed by atoms with E-state index in [1.807, 2.05) is 78.7 Å². The number of hydrogen-bond acceptors (Lipinski definition) is 3. The number of carbonyl (C=O) groups excluding carboxylic acids is 2. The first-order chi connectivity index (χ1) is 16.1. The Morgan fingerprint density at radius 3 is 2.64 bits per heavy atom. The van der Waals surface area contributed by atoms with Crippen molar-refractivity contribution in [3.63, 3.8) is 0 Å². The van der Waals surface area contributed by atoms with Gasteiger partial charge in [0.25, 0.3) is 5.91 Å². The van der Waals surface area contributed by atoms with Crippen molar-refractivity contribution < 1.29 is 14.3 Å². The molecule has 0 spiro atoms. The van der Waals surface area contributed by atoms with Crippen molar-refractivity contribution in [2.75, 3.05) is 26.7 Å². The summed E-state index contributed by atoms with van der Waals surface area (Å²) in [7, 11) is 1.83. The topological polar surface area (TPSA) is 49.9 Å². The van der Waals surface area contributed by atoms with E-state index in [2.05, 4.69) is 6.58 Å². The van der Waals surface area contributed by atoms with Gasteiger partial charge in [-0.2, -0.15) is 0 Å². The Bertz CT molecular complexity index is 1130. The molecule has 1 atom stereocenters. The van der Waals surface area contributed by atoms with Gasteiger partial charge in [-0.15, -0.1) is 0 Å². The van der Waals surface area contributed by atoms with Crippen LogP contribution in [0, 0.1) is 5.92 Å². The van der Waals surface area contributed by atoms with Crippen LogP contribution in [0.1, 0.15) is 28.8 Å². The Balaban J connectivity index is 1.40. The van der Waals surface area contributed by atoms with E-state index in [4.69, 9.17) is 4.74 Å². The molecule has 0 aliphatic carbocycles. The van der Waals surface area contributed by atoms with Crippen molar-refractivity contribution >= 4 is 22.6 Å². The van der Waals surface area contributed by atoms with Crippen LogP contribution < -0.4 is 4.74 Å². The molecule has 0 bridgehead atoms. The molecule has 3 aromatic rings. The molecule has 0 N–H and O–H groups in total. The summed E-state index contributed by atoms with van der Waals surface area (Å²) in [5, 5.41) is 2.00. The summed E-state index contributed by atoms with van der Waals surface area (Å²) < 4.78 is 5.52. The number of rotatable bonds is 7. The summed E-state index contributed by atoms with van der Waals surface area (Å²) >= 11 is 0. The fourth-order valence-corrected chi connectivity index (χ4v) is 4.46. The zero-order valence-corrected chi connectivity index (χ0v) is 19.1. The van der Waals surface area contributed by atoms with Crippen LogP contribution in [0.15, 0.2) is 79.4 Å². The minimum absolute atomic E-state index is 0.00191. The van der Waals surface area contributed by atoms with Gasteiger partial charge in [0.05, 0.1) is 5.92 Å². The predicted octanol–water partition coefficient (Wildman–Crippen LogP) is 4.92. The second kappa shape index (κ2) is 10.3. The van der Waals surface area contributed by atoms with Gasteiger partial charge in [-0.3, -0.25) is 9.59 Å². The zero-order valence-electron chi connectivity index (χ0n) is 19.1. The van der Waals surface area contributed by atoms with Crippen LogP contribution in [0.5, 0.6) is 5.75 Å². The lowest BCUT2D eigenvalue weighted by molar-refractivity contribution is -0.136. The van der Waals surface area contributed by atoms with Crippen LogP contribution >= 0.6 is 0 Å². The minimum Gasteiger partial charge on any atom is -0.490 e. The number of hydrogen-bond donors (Lipinski definition) is 0. The number of fused-ring (bicyclic) bond motifs is 1. The van der Waals surface area contributed by atoms with E-state index < -0.39 is 0 Å². The molecule has 33 heavy (non-hydrogen) atoms. The Morgan fingerprint density at radius 2 is 1.85 bits per heavy atom. The second-order valence-electron chi connectivity index (χ2n) is 8.55. The van der Waals surface area contributed by atoms with Gasteiger partial charge in [0, 0.05) is 32.2 Å². The second-order valence-corrected chi connectivity index (χ2v) is 8.55. The Kier molecular flexibility index (Phi) is 7.08. The summed E-state index contributed by atoms with van der Waals surface area (Å²) in [5.74, 6) is 0.680. The first-order valence-electron chi connectivity index (χ1n) is 11.4. The number of benzene rings is 3. The summed E-state index contributed by atoms with van der Waals surface area (Å²) in [5.41, 5.74) is 1.74. The van der Waals surface area contributed by atoms with Crippen LogP contribution in [0.4, 0.5) is 0 Å². The van der Waals surface area contributed by atoms with E-state index in [0.717, 1.165) is 34.9 Å². The van der Waals surface area contributed by atoms with Crippen LogP contribution in [0.2, 0.25) is 0 Å². The standard InChI is InChI=1S/C28H30N2O3/c1-3-18-33-24-15-13-21(14-16-24)19-29(2)27(31)23-10-7-17-30(20-23)28(32)26-12-6-9-22-8-4-5-11-25(22)26/h3-6,8-9,11-16,23H,1,7,10,17-20H2,2H3. The molecular formula is C28H30N2O3. The third-order valence-corrected chi connectivity index (χ3v) is 6.17. The van der Waals surface area contributed by atoms with Gasteiger partial charge >= 0.3 is 0 Å². The molecule has 1 unspecified atom stereocenters. The van der Waals surface area contributed by atoms with Crippen molar-refractivity contribution in [1.82, 2.24) is 9.80 Å². The molecule has 5 heteroatoms. The molecule has 1 aliphatic heterocycles. The molecule has 0 radical (unpaired) electrons. The van der Waals surface area contributed by atoms with Gasteiger partial charge in [0.1, 0.15) is 12.4 Å². The Labute approximate surface area is 195 Å². The molecule has 4 rings (SSSR count). The monoisotopic (exact) mass is 442 g/mol. The highest BCUT2D eigenvalue weighted by Gasteiger charge is 2.31. The van der Waals surface area contributed by atoms with Gasteiger partial charge in [-0.05, 0) is 47.4 Å². The van der Waals surface area contributed by atoms with E-state index in [0.29, 0.717) is 31.8 Å². The van der Waals surface area contributed by atoms with E-state index >= 15 is 0 Å². The number of likely N-dealkylation sites (tertiary alicyclic amines) is 1. The van der Waals surface area contributed by atoms with Crippen molar-refractivity contribution in [3.8, 4) is 5.75 Å².